The number of hydrogen-bond acceptors (Lipinski definition) is 4. The molecule has 1 saturated carbocycles. The summed E-state index contributed by atoms with van der Waals surface area (Å²) in [4.78, 5) is 4.75. The first-order valence-electron chi connectivity index (χ1n) is 6.33. The Labute approximate surface area is 118 Å². The molecule has 0 radical (unpaired) electrons. The van der Waals surface area contributed by atoms with Gasteiger partial charge in [0.15, 0.2) is 0 Å². The third-order valence-electron chi connectivity index (χ3n) is 3.20. The molecule has 5 heteroatoms. The third-order valence-corrected chi connectivity index (χ3v) is 4.65. The van der Waals surface area contributed by atoms with E-state index in [1.165, 1.54) is 25.0 Å². The Kier molecular flexibility index (Phi) is 4.83. The highest BCUT2D eigenvalue weighted by atomic mass is 32.2. The number of thioether (sulfide) groups is 1. The van der Waals surface area contributed by atoms with Gasteiger partial charge in [0.05, 0.1) is 5.56 Å². The molecule has 3 nitrogen and oxygen atoms in total. The van der Waals surface area contributed by atoms with Gasteiger partial charge in [0.25, 0.3) is 0 Å². The van der Waals surface area contributed by atoms with Crippen LogP contribution in [0.1, 0.15) is 31.7 Å². The number of aromatic nitrogens is 1. The number of nitrogens with zero attached hydrogens (tertiary/aromatic N) is 1. The number of nitrogens with one attached hydrogen (secondary N) is 1. The van der Waals surface area contributed by atoms with Crippen molar-refractivity contribution in [1.29, 1.82) is 0 Å². The van der Waals surface area contributed by atoms with Crippen LogP contribution in [0.25, 0.3) is 0 Å². The van der Waals surface area contributed by atoms with Crippen molar-refractivity contribution >= 4 is 34.8 Å². The largest absolute Gasteiger partial charge is 0.389 e. The summed E-state index contributed by atoms with van der Waals surface area (Å²) in [5.74, 6) is 2.02. The van der Waals surface area contributed by atoms with Crippen molar-refractivity contribution in [3.05, 3.63) is 23.9 Å². The van der Waals surface area contributed by atoms with E-state index in [-0.39, 0.29) is 0 Å². The van der Waals surface area contributed by atoms with Gasteiger partial charge < -0.3 is 11.1 Å². The molecule has 98 valence electrons. The SMILES string of the molecule is CCSC1CCC(Nc2ncccc2C(N)=S)C1. The summed E-state index contributed by atoms with van der Waals surface area (Å²) in [5.41, 5.74) is 6.56. The lowest BCUT2D eigenvalue weighted by atomic mass is 10.2. The second-order valence-electron chi connectivity index (χ2n) is 4.50. The van der Waals surface area contributed by atoms with E-state index in [1.807, 2.05) is 12.1 Å². The van der Waals surface area contributed by atoms with Gasteiger partial charge in [-0.2, -0.15) is 11.8 Å². The van der Waals surface area contributed by atoms with Crippen LogP contribution < -0.4 is 11.1 Å². The zero-order valence-corrected chi connectivity index (χ0v) is 12.2. The summed E-state index contributed by atoms with van der Waals surface area (Å²) >= 11 is 7.10. The number of thiocarbonyl (C=S) groups is 1. The lowest BCUT2D eigenvalue weighted by Crippen LogP contribution is -2.21. The van der Waals surface area contributed by atoms with E-state index in [0.29, 0.717) is 11.0 Å². The normalized spacial score (nSPS) is 22.9. The fourth-order valence-electron chi connectivity index (χ4n) is 2.37. The molecule has 1 aliphatic carbocycles. The van der Waals surface area contributed by atoms with Gasteiger partial charge in [-0.1, -0.05) is 19.1 Å². The fraction of sp³-hybridized carbons (Fsp3) is 0.538. The Hall–Kier alpha value is -0.810. The first kappa shape index (κ1) is 13.6. The fourth-order valence-corrected chi connectivity index (χ4v) is 3.68. The summed E-state index contributed by atoms with van der Waals surface area (Å²) in [6, 6.07) is 4.28. The molecule has 0 saturated heterocycles. The van der Waals surface area contributed by atoms with Crippen LogP contribution in [0.15, 0.2) is 18.3 Å². The molecule has 0 aromatic carbocycles. The minimum Gasteiger partial charge on any atom is -0.389 e. The summed E-state index contributed by atoms with van der Waals surface area (Å²) in [5, 5.41) is 4.27. The highest BCUT2D eigenvalue weighted by Gasteiger charge is 2.25. The van der Waals surface area contributed by atoms with Crippen LogP contribution in [-0.4, -0.2) is 27.0 Å². The second-order valence-corrected chi connectivity index (χ2v) is 6.51. The van der Waals surface area contributed by atoms with Crippen molar-refractivity contribution < 1.29 is 0 Å². The van der Waals surface area contributed by atoms with Crippen LogP contribution in [0, 0.1) is 0 Å². The molecule has 1 aromatic rings. The van der Waals surface area contributed by atoms with E-state index in [4.69, 9.17) is 18.0 Å². The number of hydrogen-bond donors (Lipinski definition) is 2. The van der Waals surface area contributed by atoms with Gasteiger partial charge in [-0.25, -0.2) is 4.98 Å². The van der Waals surface area contributed by atoms with Crippen molar-refractivity contribution in [2.45, 2.75) is 37.5 Å². The zero-order chi connectivity index (χ0) is 13.0. The van der Waals surface area contributed by atoms with Crippen molar-refractivity contribution in [3.63, 3.8) is 0 Å². The predicted molar refractivity (Wildman–Crippen MR) is 83.3 cm³/mol. The lowest BCUT2D eigenvalue weighted by molar-refractivity contribution is 0.752. The molecule has 0 spiro atoms. The van der Waals surface area contributed by atoms with Crippen LogP contribution in [-0.2, 0) is 0 Å². The Bertz CT molecular complexity index is 422. The standard InChI is InChI=1S/C13H19N3S2/c1-2-18-10-6-5-9(8-10)16-13-11(12(14)17)4-3-7-15-13/h3-4,7,9-10H,2,5-6,8H2,1H3,(H2,14,17)(H,15,16). The maximum atomic E-state index is 5.71. The van der Waals surface area contributed by atoms with Gasteiger partial charge in [0.1, 0.15) is 10.8 Å². The van der Waals surface area contributed by atoms with Crippen molar-refractivity contribution in [2.24, 2.45) is 5.73 Å². The average molecular weight is 281 g/mol. The molecule has 2 unspecified atom stereocenters. The molecule has 2 rings (SSSR count). The summed E-state index contributed by atoms with van der Waals surface area (Å²) in [6.45, 7) is 2.22. The van der Waals surface area contributed by atoms with E-state index in [0.717, 1.165) is 16.6 Å². The number of rotatable bonds is 5. The Morgan fingerprint density at radius 3 is 3.17 bits per heavy atom. The first-order valence-corrected chi connectivity index (χ1v) is 7.79. The molecule has 0 aliphatic heterocycles. The minimum atomic E-state index is 0.406. The monoisotopic (exact) mass is 281 g/mol. The highest BCUT2D eigenvalue weighted by molar-refractivity contribution is 7.99. The Morgan fingerprint density at radius 2 is 2.44 bits per heavy atom. The summed E-state index contributed by atoms with van der Waals surface area (Å²) in [7, 11) is 0. The summed E-state index contributed by atoms with van der Waals surface area (Å²) in [6.07, 6.45) is 5.46. The molecular weight excluding hydrogens is 262 g/mol. The van der Waals surface area contributed by atoms with Crippen LogP contribution >= 0.6 is 24.0 Å². The molecule has 0 amide bonds. The predicted octanol–water partition coefficient (Wildman–Crippen LogP) is 2.80. The third kappa shape index (κ3) is 3.36. The van der Waals surface area contributed by atoms with E-state index < -0.39 is 0 Å². The molecule has 2 atom stereocenters. The molecule has 0 bridgehead atoms. The van der Waals surface area contributed by atoms with Crippen LogP contribution in [0.2, 0.25) is 0 Å². The van der Waals surface area contributed by atoms with E-state index >= 15 is 0 Å². The lowest BCUT2D eigenvalue weighted by Gasteiger charge is -2.16. The van der Waals surface area contributed by atoms with Crippen LogP contribution in [0.3, 0.4) is 0 Å². The van der Waals surface area contributed by atoms with Gasteiger partial charge in [0.2, 0.25) is 0 Å². The molecule has 1 aliphatic rings. The molecule has 18 heavy (non-hydrogen) atoms. The van der Waals surface area contributed by atoms with E-state index in [1.54, 1.807) is 6.20 Å². The number of pyridine rings is 1. The maximum absolute atomic E-state index is 5.71. The molecule has 1 heterocycles. The second kappa shape index (κ2) is 6.38. The highest BCUT2D eigenvalue weighted by Crippen LogP contribution is 2.31. The number of anilines is 1. The minimum absolute atomic E-state index is 0.406. The quantitative estimate of drug-likeness (QED) is 0.813. The molecule has 3 N–H and O–H groups in total. The van der Waals surface area contributed by atoms with Gasteiger partial charge in [-0.15, -0.1) is 0 Å². The zero-order valence-electron chi connectivity index (χ0n) is 10.6. The van der Waals surface area contributed by atoms with Gasteiger partial charge in [0, 0.05) is 17.5 Å². The Balaban J connectivity index is 2.00. The average Bonchev–Trinajstić information content (AvgIpc) is 2.77. The molecule has 1 aromatic heterocycles. The van der Waals surface area contributed by atoms with Crippen molar-refractivity contribution in [1.82, 2.24) is 4.98 Å². The number of nitrogens with two attached hydrogens (primary N) is 1. The molecular formula is C13H19N3S2. The van der Waals surface area contributed by atoms with Crippen molar-refractivity contribution in [3.8, 4) is 0 Å². The first-order chi connectivity index (χ1) is 8.70. The van der Waals surface area contributed by atoms with Crippen LogP contribution in [0.5, 0.6) is 0 Å². The Morgan fingerprint density at radius 1 is 1.61 bits per heavy atom. The van der Waals surface area contributed by atoms with Crippen molar-refractivity contribution in [2.75, 3.05) is 11.1 Å². The molecule has 1 fully saturated rings. The summed E-state index contributed by atoms with van der Waals surface area (Å²) < 4.78 is 0. The smallest absolute Gasteiger partial charge is 0.136 e. The van der Waals surface area contributed by atoms with Crippen LogP contribution in [0.4, 0.5) is 5.82 Å². The van der Waals surface area contributed by atoms with E-state index in [9.17, 15) is 0 Å². The van der Waals surface area contributed by atoms with Gasteiger partial charge >= 0.3 is 0 Å². The van der Waals surface area contributed by atoms with Gasteiger partial charge in [-0.05, 0) is 37.1 Å². The van der Waals surface area contributed by atoms with Gasteiger partial charge in [-0.3, -0.25) is 0 Å². The topological polar surface area (TPSA) is 50.9 Å². The van der Waals surface area contributed by atoms with E-state index in [2.05, 4.69) is 29.0 Å². The maximum Gasteiger partial charge on any atom is 0.136 e.